The first kappa shape index (κ1) is 16.5. The molecule has 2 aromatic rings. The number of ether oxygens (including phenoxy) is 1. The standard InChI is InChI=1S/C19H19NO3/c1-15-12-17(13-21)9-10-18(15)8-5-11-20-19(22)23-14-16-6-3-2-4-7-16/h2-10,12-13H,11,14H2,1H3,(H,20,22). The number of carbonyl (C=O) groups excluding carboxylic acids is 2. The Kier molecular flexibility index (Phi) is 6.12. The highest BCUT2D eigenvalue weighted by Crippen LogP contribution is 2.11. The highest BCUT2D eigenvalue weighted by atomic mass is 16.5. The molecule has 118 valence electrons. The third-order valence-electron chi connectivity index (χ3n) is 3.30. The molecule has 0 spiro atoms. The van der Waals surface area contributed by atoms with Gasteiger partial charge in [-0.2, -0.15) is 0 Å². The molecule has 0 aliphatic rings. The van der Waals surface area contributed by atoms with Crippen LogP contribution in [0.25, 0.3) is 6.08 Å². The fourth-order valence-corrected chi connectivity index (χ4v) is 2.06. The number of carbonyl (C=O) groups is 2. The minimum absolute atomic E-state index is 0.253. The summed E-state index contributed by atoms with van der Waals surface area (Å²) in [7, 11) is 0. The van der Waals surface area contributed by atoms with Crippen LogP contribution >= 0.6 is 0 Å². The summed E-state index contributed by atoms with van der Waals surface area (Å²) >= 11 is 0. The van der Waals surface area contributed by atoms with E-state index in [4.69, 9.17) is 4.74 Å². The van der Waals surface area contributed by atoms with E-state index in [9.17, 15) is 9.59 Å². The summed E-state index contributed by atoms with van der Waals surface area (Å²) in [4.78, 5) is 22.3. The van der Waals surface area contributed by atoms with Gasteiger partial charge in [-0.3, -0.25) is 4.79 Å². The lowest BCUT2D eigenvalue weighted by Gasteiger charge is -2.05. The zero-order valence-electron chi connectivity index (χ0n) is 13.0. The van der Waals surface area contributed by atoms with Gasteiger partial charge in [0.2, 0.25) is 0 Å². The van der Waals surface area contributed by atoms with Crippen molar-refractivity contribution in [3.63, 3.8) is 0 Å². The smallest absolute Gasteiger partial charge is 0.407 e. The molecule has 2 rings (SSSR count). The van der Waals surface area contributed by atoms with E-state index < -0.39 is 6.09 Å². The highest BCUT2D eigenvalue weighted by Gasteiger charge is 2.00. The van der Waals surface area contributed by atoms with Crippen molar-refractivity contribution >= 4 is 18.5 Å². The Hall–Kier alpha value is -2.88. The molecule has 0 aliphatic heterocycles. The average Bonchev–Trinajstić information content (AvgIpc) is 2.58. The van der Waals surface area contributed by atoms with Crippen LogP contribution in [0.5, 0.6) is 0 Å². The third-order valence-corrected chi connectivity index (χ3v) is 3.30. The van der Waals surface area contributed by atoms with Gasteiger partial charge in [0.25, 0.3) is 0 Å². The van der Waals surface area contributed by atoms with Crippen molar-refractivity contribution < 1.29 is 14.3 Å². The second kappa shape index (κ2) is 8.54. The van der Waals surface area contributed by atoms with E-state index in [0.717, 1.165) is 23.0 Å². The van der Waals surface area contributed by atoms with Gasteiger partial charge in [-0.15, -0.1) is 0 Å². The second-order valence-corrected chi connectivity index (χ2v) is 5.08. The number of hydrogen-bond acceptors (Lipinski definition) is 3. The van der Waals surface area contributed by atoms with Gasteiger partial charge < -0.3 is 10.1 Å². The molecule has 1 N–H and O–H groups in total. The quantitative estimate of drug-likeness (QED) is 0.827. The van der Waals surface area contributed by atoms with Crippen LogP contribution in [0, 0.1) is 6.92 Å². The molecular formula is C19H19NO3. The first-order chi connectivity index (χ1) is 11.2. The van der Waals surface area contributed by atoms with E-state index in [1.807, 2.05) is 61.5 Å². The average molecular weight is 309 g/mol. The molecule has 0 aromatic heterocycles. The number of aryl methyl sites for hydroxylation is 1. The first-order valence-electron chi connectivity index (χ1n) is 7.36. The van der Waals surface area contributed by atoms with E-state index in [0.29, 0.717) is 12.1 Å². The Labute approximate surface area is 135 Å². The lowest BCUT2D eigenvalue weighted by Crippen LogP contribution is -2.24. The van der Waals surface area contributed by atoms with E-state index in [1.54, 1.807) is 6.07 Å². The zero-order valence-corrected chi connectivity index (χ0v) is 13.0. The van der Waals surface area contributed by atoms with Crippen LogP contribution in [0.3, 0.4) is 0 Å². The van der Waals surface area contributed by atoms with Crippen LogP contribution < -0.4 is 5.32 Å². The molecule has 1 amide bonds. The van der Waals surface area contributed by atoms with Gasteiger partial charge in [0.05, 0.1) is 0 Å². The molecule has 0 saturated carbocycles. The molecule has 23 heavy (non-hydrogen) atoms. The molecule has 4 nitrogen and oxygen atoms in total. The Bertz CT molecular complexity index is 693. The lowest BCUT2D eigenvalue weighted by molar-refractivity contribution is 0.112. The van der Waals surface area contributed by atoms with Crippen LogP contribution in [-0.2, 0) is 11.3 Å². The minimum Gasteiger partial charge on any atom is -0.445 e. The number of aldehydes is 1. The maximum atomic E-state index is 11.6. The van der Waals surface area contributed by atoms with Gasteiger partial charge in [0.15, 0.2) is 0 Å². The SMILES string of the molecule is Cc1cc(C=O)ccc1C=CCNC(=O)OCc1ccccc1. The Morgan fingerprint density at radius 2 is 1.96 bits per heavy atom. The van der Waals surface area contributed by atoms with Crippen LogP contribution in [0.2, 0.25) is 0 Å². The van der Waals surface area contributed by atoms with Crippen molar-refractivity contribution in [2.75, 3.05) is 6.54 Å². The summed E-state index contributed by atoms with van der Waals surface area (Å²) in [5.74, 6) is 0. The van der Waals surface area contributed by atoms with Gasteiger partial charge in [0, 0.05) is 12.1 Å². The Morgan fingerprint density at radius 3 is 2.65 bits per heavy atom. The van der Waals surface area contributed by atoms with E-state index in [1.165, 1.54) is 0 Å². The van der Waals surface area contributed by atoms with Crippen molar-refractivity contribution in [1.82, 2.24) is 5.32 Å². The van der Waals surface area contributed by atoms with E-state index in [2.05, 4.69) is 5.32 Å². The predicted molar refractivity (Wildman–Crippen MR) is 90.2 cm³/mol. The summed E-state index contributed by atoms with van der Waals surface area (Å²) in [6.07, 6.45) is 4.12. The zero-order chi connectivity index (χ0) is 16.5. The van der Waals surface area contributed by atoms with Crippen LogP contribution in [0.4, 0.5) is 4.79 Å². The number of nitrogens with one attached hydrogen (secondary N) is 1. The van der Waals surface area contributed by atoms with Crippen LogP contribution in [0.15, 0.2) is 54.6 Å². The molecule has 0 atom stereocenters. The summed E-state index contributed by atoms with van der Waals surface area (Å²) in [6, 6.07) is 15.0. The minimum atomic E-state index is -0.452. The molecule has 0 unspecified atom stereocenters. The summed E-state index contributed by atoms with van der Waals surface area (Å²) in [6.45, 7) is 2.57. The monoisotopic (exact) mass is 309 g/mol. The largest absolute Gasteiger partial charge is 0.445 e. The maximum absolute atomic E-state index is 11.6. The topological polar surface area (TPSA) is 55.4 Å². The van der Waals surface area contributed by atoms with Gasteiger partial charge in [-0.1, -0.05) is 54.6 Å². The highest BCUT2D eigenvalue weighted by molar-refractivity contribution is 5.76. The van der Waals surface area contributed by atoms with Gasteiger partial charge in [-0.25, -0.2) is 4.79 Å². The van der Waals surface area contributed by atoms with Crippen molar-refractivity contribution in [1.29, 1.82) is 0 Å². The first-order valence-corrected chi connectivity index (χ1v) is 7.36. The number of benzene rings is 2. The maximum Gasteiger partial charge on any atom is 0.407 e. The van der Waals surface area contributed by atoms with Crippen LogP contribution in [0.1, 0.15) is 27.0 Å². The second-order valence-electron chi connectivity index (χ2n) is 5.08. The summed E-state index contributed by atoms with van der Waals surface area (Å²) in [5, 5.41) is 2.66. The molecule has 0 heterocycles. The molecule has 0 saturated heterocycles. The summed E-state index contributed by atoms with van der Waals surface area (Å²) < 4.78 is 5.11. The molecule has 4 heteroatoms. The fourth-order valence-electron chi connectivity index (χ4n) is 2.06. The number of amides is 1. The molecule has 0 radical (unpaired) electrons. The Balaban J connectivity index is 1.75. The van der Waals surface area contributed by atoms with Crippen molar-refractivity contribution in [2.24, 2.45) is 0 Å². The number of rotatable bonds is 6. The molecule has 0 bridgehead atoms. The lowest BCUT2D eigenvalue weighted by atomic mass is 10.1. The normalized spacial score (nSPS) is 10.5. The molecular weight excluding hydrogens is 290 g/mol. The van der Waals surface area contributed by atoms with E-state index >= 15 is 0 Å². The molecule has 2 aromatic carbocycles. The van der Waals surface area contributed by atoms with Gasteiger partial charge in [-0.05, 0) is 29.7 Å². The molecule has 0 aliphatic carbocycles. The van der Waals surface area contributed by atoms with Crippen molar-refractivity contribution in [2.45, 2.75) is 13.5 Å². The van der Waals surface area contributed by atoms with E-state index in [-0.39, 0.29) is 6.61 Å². The molecule has 0 fully saturated rings. The van der Waals surface area contributed by atoms with Crippen LogP contribution in [-0.4, -0.2) is 18.9 Å². The number of alkyl carbamates (subject to hydrolysis) is 1. The predicted octanol–water partition coefficient (Wildman–Crippen LogP) is 3.75. The van der Waals surface area contributed by atoms with Crippen molar-refractivity contribution in [3.05, 3.63) is 76.9 Å². The third kappa shape index (κ3) is 5.43. The Morgan fingerprint density at radius 1 is 1.17 bits per heavy atom. The van der Waals surface area contributed by atoms with Gasteiger partial charge >= 0.3 is 6.09 Å². The van der Waals surface area contributed by atoms with Crippen molar-refractivity contribution in [3.8, 4) is 0 Å². The van der Waals surface area contributed by atoms with Gasteiger partial charge in [0.1, 0.15) is 12.9 Å². The summed E-state index contributed by atoms with van der Waals surface area (Å²) in [5.41, 5.74) is 3.62. The fraction of sp³-hybridized carbons (Fsp3) is 0.158. The number of hydrogen-bond donors (Lipinski definition) is 1.